The number of anilines is 1. The van der Waals surface area contributed by atoms with Gasteiger partial charge in [0.2, 0.25) is 0 Å². The Hall–Kier alpha value is -3.92. The molecule has 34 heavy (non-hydrogen) atoms. The van der Waals surface area contributed by atoms with E-state index in [0.29, 0.717) is 17.0 Å². The zero-order chi connectivity index (χ0) is 24.7. The first kappa shape index (κ1) is 24.7. The van der Waals surface area contributed by atoms with Gasteiger partial charge < -0.3 is 14.8 Å². The third-order valence-electron chi connectivity index (χ3n) is 4.80. The van der Waals surface area contributed by atoms with Crippen molar-refractivity contribution in [1.82, 2.24) is 5.32 Å². The fourth-order valence-electron chi connectivity index (χ4n) is 3.00. The van der Waals surface area contributed by atoms with Crippen LogP contribution in [0.5, 0.6) is 5.75 Å². The average Bonchev–Trinajstić information content (AvgIpc) is 2.83. The maximum atomic E-state index is 13.0. The summed E-state index contributed by atoms with van der Waals surface area (Å²) in [6.07, 6.45) is 0. The van der Waals surface area contributed by atoms with Gasteiger partial charge in [0.05, 0.1) is 23.6 Å². The van der Waals surface area contributed by atoms with Gasteiger partial charge in [-0.2, -0.15) is 0 Å². The number of methoxy groups -OCH3 is 1. The summed E-state index contributed by atoms with van der Waals surface area (Å²) in [4.78, 5) is 24.4. The Morgan fingerprint density at radius 2 is 1.68 bits per heavy atom. The molecule has 2 N–H and O–H groups in total. The summed E-state index contributed by atoms with van der Waals surface area (Å²) < 4.78 is 50.9. The van der Waals surface area contributed by atoms with Gasteiger partial charge in [-0.05, 0) is 67.1 Å². The number of ether oxygens (including phenoxy) is 2. The highest BCUT2D eigenvalue weighted by Gasteiger charge is 2.18. The minimum absolute atomic E-state index is 0.0306. The summed E-state index contributed by atoms with van der Waals surface area (Å²) in [7, 11) is -2.47. The van der Waals surface area contributed by atoms with Gasteiger partial charge in [0.1, 0.15) is 11.6 Å². The molecule has 0 heterocycles. The molecule has 0 aliphatic heterocycles. The van der Waals surface area contributed by atoms with Crippen molar-refractivity contribution < 1.29 is 31.9 Å². The Balaban J connectivity index is 1.60. The van der Waals surface area contributed by atoms with Gasteiger partial charge in [0.25, 0.3) is 15.9 Å². The molecule has 1 amide bonds. The van der Waals surface area contributed by atoms with E-state index in [0.717, 1.165) is 6.07 Å². The number of carbonyl (C=O) groups excluding carboxylic acids is 2. The molecular formula is C24H23FN2O6S. The third-order valence-corrected chi connectivity index (χ3v) is 6.18. The first-order valence-corrected chi connectivity index (χ1v) is 11.6. The second-order valence-corrected chi connectivity index (χ2v) is 8.96. The first-order valence-electron chi connectivity index (χ1n) is 10.2. The van der Waals surface area contributed by atoms with Crippen molar-refractivity contribution in [3.8, 4) is 5.75 Å². The number of benzene rings is 3. The quantitative estimate of drug-likeness (QED) is 0.447. The van der Waals surface area contributed by atoms with E-state index < -0.39 is 34.5 Å². The van der Waals surface area contributed by atoms with Crippen LogP contribution in [0.4, 0.5) is 10.1 Å². The van der Waals surface area contributed by atoms with E-state index in [-0.39, 0.29) is 16.3 Å². The van der Waals surface area contributed by atoms with Crippen LogP contribution in [-0.4, -0.2) is 34.0 Å². The summed E-state index contributed by atoms with van der Waals surface area (Å²) in [5, 5.41) is 2.64. The van der Waals surface area contributed by atoms with Crippen LogP contribution in [-0.2, 0) is 19.6 Å². The number of hydrogen-bond acceptors (Lipinski definition) is 6. The number of esters is 1. The number of hydrogen-bond donors (Lipinski definition) is 2. The molecule has 10 heteroatoms. The molecule has 0 bridgehead atoms. The van der Waals surface area contributed by atoms with E-state index >= 15 is 0 Å². The third kappa shape index (κ3) is 6.55. The fraction of sp³-hybridized carbons (Fsp3) is 0.167. The molecule has 0 unspecified atom stereocenters. The van der Waals surface area contributed by atoms with Crippen molar-refractivity contribution in [2.75, 3.05) is 18.4 Å². The summed E-state index contributed by atoms with van der Waals surface area (Å²) in [6.45, 7) is 1.14. The Labute approximate surface area is 196 Å². The molecule has 0 aliphatic carbocycles. The minimum atomic E-state index is -3.97. The number of amides is 1. The summed E-state index contributed by atoms with van der Waals surface area (Å²) in [5.74, 6) is -1.23. The lowest BCUT2D eigenvalue weighted by atomic mass is 10.1. The number of nitrogens with one attached hydrogen (secondary N) is 2. The second-order valence-electron chi connectivity index (χ2n) is 7.28. The van der Waals surface area contributed by atoms with E-state index in [1.54, 1.807) is 31.2 Å². The SMILES string of the molecule is COc1ccc(NS(=O)(=O)c2cccc(C(=O)OCC(=O)N[C@@H](C)c3ccc(F)cc3)c2)cc1. The van der Waals surface area contributed by atoms with Gasteiger partial charge in [0.15, 0.2) is 6.61 Å². The van der Waals surface area contributed by atoms with Gasteiger partial charge in [-0.25, -0.2) is 17.6 Å². The van der Waals surface area contributed by atoms with E-state index in [4.69, 9.17) is 9.47 Å². The maximum absolute atomic E-state index is 13.0. The molecule has 3 aromatic carbocycles. The van der Waals surface area contributed by atoms with E-state index in [2.05, 4.69) is 10.0 Å². The predicted molar refractivity (Wildman–Crippen MR) is 123 cm³/mol. The van der Waals surface area contributed by atoms with Crippen molar-refractivity contribution in [2.45, 2.75) is 17.9 Å². The van der Waals surface area contributed by atoms with E-state index in [1.807, 2.05) is 0 Å². The number of rotatable bonds is 9. The van der Waals surface area contributed by atoms with Crippen molar-refractivity contribution >= 4 is 27.6 Å². The molecule has 0 saturated carbocycles. The smallest absolute Gasteiger partial charge is 0.338 e. The molecule has 178 valence electrons. The predicted octanol–water partition coefficient (Wildman–Crippen LogP) is 3.67. The lowest BCUT2D eigenvalue weighted by Gasteiger charge is -2.14. The Morgan fingerprint density at radius 3 is 2.32 bits per heavy atom. The normalized spacial score (nSPS) is 11.9. The van der Waals surface area contributed by atoms with Gasteiger partial charge in [0, 0.05) is 5.69 Å². The number of sulfonamides is 1. The monoisotopic (exact) mass is 486 g/mol. The second kappa shape index (κ2) is 10.8. The Bertz CT molecular complexity index is 1260. The van der Waals surface area contributed by atoms with Crippen LogP contribution in [0.3, 0.4) is 0 Å². The highest BCUT2D eigenvalue weighted by Crippen LogP contribution is 2.20. The molecule has 0 spiro atoms. The topological polar surface area (TPSA) is 111 Å². The zero-order valence-corrected chi connectivity index (χ0v) is 19.3. The molecule has 0 saturated heterocycles. The molecule has 3 rings (SSSR count). The standard InChI is InChI=1S/C24H23FN2O6S/c1-16(17-6-8-19(25)9-7-17)26-23(28)15-33-24(29)18-4-3-5-22(14-18)34(30,31)27-20-10-12-21(32-2)13-11-20/h3-14,16,27H,15H2,1-2H3,(H,26,28)/t16-/m0/s1. The van der Waals surface area contributed by atoms with Gasteiger partial charge in [-0.1, -0.05) is 18.2 Å². The highest BCUT2D eigenvalue weighted by molar-refractivity contribution is 7.92. The van der Waals surface area contributed by atoms with Crippen LogP contribution in [0, 0.1) is 5.82 Å². The molecule has 0 aromatic heterocycles. The molecule has 0 fully saturated rings. The fourth-order valence-corrected chi connectivity index (χ4v) is 4.10. The molecule has 0 radical (unpaired) electrons. The largest absolute Gasteiger partial charge is 0.497 e. The molecule has 3 aromatic rings. The molecule has 1 atom stereocenters. The molecule has 0 aliphatic rings. The zero-order valence-electron chi connectivity index (χ0n) is 18.4. The van der Waals surface area contributed by atoms with Crippen LogP contribution in [0.2, 0.25) is 0 Å². The van der Waals surface area contributed by atoms with Crippen LogP contribution >= 0.6 is 0 Å². The van der Waals surface area contributed by atoms with E-state index in [1.165, 1.54) is 49.6 Å². The summed E-state index contributed by atoms with van der Waals surface area (Å²) >= 11 is 0. The van der Waals surface area contributed by atoms with Crippen molar-refractivity contribution in [3.63, 3.8) is 0 Å². The van der Waals surface area contributed by atoms with Crippen LogP contribution in [0.1, 0.15) is 28.9 Å². The van der Waals surface area contributed by atoms with Crippen molar-refractivity contribution in [1.29, 1.82) is 0 Å². The van der Waals surface area contributed by atoms with Gasteiger partial charge >= 0.3 is 5.97 Å². The van der Waals surface area contributed by atoms with Crippen molar-refractivity contribution in [2.24, 2.45) is 0 Å². The van der Waals surface area contributed by atoms with Gasteiger partial charge in [-0.15, -0.1) is 0 Å². The Morgan fingerprint density at radius 1 is 1.00 bits per heavy atom. The Kier molecular flexibility index (Phi) is 7.85. The molecular weight excluding hydrogens is 463 g/mol. The number of halogens is 1. The van der Waals surface area contributed by atoms with Crippen LogP contribution < -0.4 is 14.8 Å². The highest BCUT2D eigenvalue weighted by atomic mass is 32.2. The average molecular weight is 487 g/mol. The van der Waals surface area contributed by atoms with Crippen LogP contribution in [0.25, 0.3) is 0 Å². The van der Waals surface area contributed by atoms with Gasteiger partial charge in [-0.3, -0.25) is 9.52 Å². The minimum Gasteiger partial charge on any atom is -0.497 e. The maximum Gasteiger partial charge on any atom is 0.338 e. The van der Waals surface area contributed by atoms with Crippen molar-refractivity contribution in [3.05, 3.63) is 89.7 Å². The summed E-state index contributed by atoms with van der Waals surface area (Å²) in [6, 6.07) is 16.8. The number of carbonyl (C=O) groups is 2. The lowest BCUT2D eigenvalue weighted by Crippen LogP contribution is -2.31. The van der Waals surface area contributed by atoms with E-state index in [9.17, 15) is 22.4 Å². The van der Waals surface area contributed by atoms with Crippen LogP contribution in [0.15, 0.2) is 77.7 Å². The first-order chi connectivity index (χ1) is 16.2. The molecule has 8 nitrogen and oxygen atoms in total. The summed E-state index contributed by atoms with van der Waals surface area (Å²) in [5.41, 5.74) is 0.973. The lowest BCUT2D eigenvalue weighted by molar-refractivity contribution is -0.124.